The predicted octanol–water partition coefficient (Wildman–Crippen LogP) is 3.16. The lowest BCUT2D eigenvalue weighted by atomic mass is 9.71. The van der Waals surface area contributed by atoms with E-state index in [1.807, 2.05) is 23.1 Å². The Morgan fingerprint density at radius 1 is 1.15 bits per heavy atom. The van der Waals surface area contributed by atoms with Crippen molar-refractivity contribution in [1.29, 1.82) is 0 Å². The third-order valence-electron chi connectivity index (χ3n) is 5.64. The van der Waals surface area contributed by atoms with Crippen LogP contribution in [0, 0.1) is 5.92 Å². The SMILES string of the molecule is C=CC(=O)N1CCC(C(=O)N2CC(C)=CC(C)C2)(c2ccccc2)CC1. The first-order chi connectivity index (χ1) is 12.5. The lowest BCUT2D eigenvalue weighted by Gasteiger charge is -2.44. The second-order valence-corrected chi connectivity index (χ2v) is 7.65. The van der Waals surface area contributed by atoms with Crippen LogP contribution in [0.15, 0.2) is 54.6 Å². The van der Waals surface area contributed by atoms with Crippen molar-refractivity contribution in [2.45, 2.75) is 32.1 Å². The minimum atomic E-state index is -0.545. The van der Waals surface area contributed by atoms with Gasteiger partial charge >= 0.3 is 0 Å². The van der Waals surface area contributed by atoms with Crippen LogP contribution in [0.4, 0.5) is 0 Å². The van der Waals surface area contributed by atoms with Gasteiger partial charge in [-0.15, -0.1) is 0 Å². The smallest absolute Gasteiger partial charge is 0.245 e. The fourth-order valence-electron chi connectivity index (χ4n) is 4.38. The van der Waals surface area contributed by atoms with Crippen molar-refractivity contribution >= 4 is 11.8 Å². The number of piperidine rings is 1. The molecule has 26 heavy (non-hydrogen) atoms. The van der Waals surface area contributed by atoms with Gasteiger partial charge < -0.3 is 9.80 Å². The number of rotatable bonds is 3. The molecule has 1 atom stereocenters. The zero-order valence-electron chi connectivity index (χ0n) is 15.8. The molecule has 2 aliphatic heterocycles. The van der Waals surface area contributed by atoms with E-state index in [2.05, 4.69) is 38.6 Å². The normalized spacial score (nSPS) is 22.5. The molecule has 0 bridgehead atoms. The summed E-state index contributed by atoms with van der Waals surface area (Å²) >= 11 is 0. The fraction of sp³-hybridized carbons (Fsp3) is 0.455. The van der Waals surface area contributed by atoms with Crippen molar-refractivity contribution in [3.8, 4) is 0 Å². The average molecular weight is 352 g/mol. The van der Waals surface area contributed by atoms with Gasteiger partial charge in [0.25, 0.3) is 0 Å². The van der Waals surface area contributed by atoms with Crippen molar-refractivity contribution in [3.05, 3.63) is 60.2 Å². The molecule has 3 rings (SSSR count). The summed E-state index contributed by atoms with van der Waals surface area (Å²) in [6.45, 7) is 10.5. The molecule has 0 saturated carbocycles. The third kappa shape index (κ3) is 3.46. The molecule has 2 aliphatic rings. The number of benzene rings is 1. The molecule has 1 aromatic carbocycles. The van der Waals surface area contributed by atoms with E-state index in [4.69, 9.17) is 0 Å². The molecule has 2 amide bonds. The van der Waals surface area contributed by atoms with E-state index in [1.165, 1.54) is 11.6 Å². The maximum absolute atomic E-state index is 13.7. The first-order valence-corrected chi connectivity index (χ1v) is 9.40. The van der Waals surface area contributed by atoms with Crippen LogP contribution >= 0.6 is 0 Å². The topological polar surface area (TPSA) is 40.6 Å². The van der Waals surface area contributed by atoms with Crippen molar-refractivity contribution in [2.75, 3.05) is 26.2 Å². The molecule has 1 unspecified atom stereocenters. The Labute approximate surface area is 156 Å². The molecule has 0 aromatic heterocycles. The maximum Gasteiger partial charge on any atom is 0.245 e. The Hall–Kier alpha value is -2.36. The zero-order valence-corrected chi connectivity index (χ0v) is 15.8. The summed E-state index contributed by atoms with van der Waals surface area (Å²) < 4.78 is 0. The van der Waals surface area contributed by atoms with Crippen LogP contribution < -0.4 is 0 Å². The molecule has 0 aliphatic carbocycles. The second kappa shape index (κ2) is 7.48. The van der Waals surface area contributed by atoms with Crippen molar-refractivity contribution < 1.29 is 9.59 Å². The molecule has 0 N–H and O–H groups in total. The first kappa shape index (κ1) is 18.4. The van der Waals surface area contributed by atoms with Gasteiger partial charge in [0, 0.05) is 26.2 Å². The van der Waals surface area contributed by atoms with Crippen LogP contribution in [0.25, 0.3) is 0 Å². The highest BCUT2D eigenvalue weighted by molar-refractivity contribution is 5.90. The van der Waals surface area contributed by atoms with Crippen LogP contribution in [-0.4, -0.2) is 47.8 Å². The van der Waals surface area contributed by atoms with Gasteiger partial charge in [0.05, 0.1) is 5.41 Å². The van der Waals surface area contributed by atoms with E-state index in [-0.39, 0.29) is 11.8 Å². The van der Waals surface area contributed by atoms with Crippen molar-refractivity contribution in [1.82, 2.24) is 9.80 Å². The quantitative estimate of drug-likeness (QED) is 0.619. The van der Waals surface area contributed by atoms with Gasteiger partial charge in [-0.3, -0.25) is 9.59 Å². The molecule has 4 nitrogen and oxygen atoms in total. The summed E-state index contributed by atoms with van der Waals surface area (Å²) in [6, 6.07) is 10.1. The van der Waals surface area contributed by atoms with E-state index in [9.17, 15) is 9.59 Å². The highest BCUT2D eigenvalue weighted by atomic mass is 16.2. The molecule has 4 heteroatoms. The Morgan fingerprint density at radius 3 is 2.38 bits per heavy atom. The number of carbonyl (C=O) groups is 2. The Kier molecular flexibility index (Phi) is 5.30. The summed E-state index contributed by atoms with van der Waals surface area (Å²) in [5.74, 6) is 0.529. The molecular weight excluding hydrogens is 324 g/mol. The van der Waals surface area contributed by atoms with Crippen LogP contribution in [0.5, 0.6) is 0 Å². The zero-order chi connectivity index (χ0) is 18.7. The van der Waals surface area contributed by atoms with Crippen LogP contribution in [0.1, 0.15) is 32.3 Å². The van der Waals surface area contributed by atoms with Gasteiger partial charge in [0.2, 0.25) is 11.8 Å². The maximum atomic E-state index is 13.7. The van der Waals surface area contributed by atoms with Gasteiger partial charge in [0.15, 0.2) is 0 Å². The lowest BCUT2D eigenvalue weighted by Crippen LogP contribution is -2.55. The van der Waals surface area contributed by atoms with Gasteiger partial charge in [-0.05, 0) is 37.3 Å². The number of amides is 2. The Morgan fingerprint density at radius 2 is 1.81 bits per heavy atom. The molecule has 1 aromatic rings. The first-order valence-electron chi connectivity index (χ1n) is 9.40. The molecule has 0 radical (unpaired) electrons. The highest BCUT2D eigenvalue weighted by Gasteiger charge is 2.45. The summed E-state index contributed by atoms with van der Waals surface area (Å²) in [7, 11) is 0. The predicted molar refractivity (Wildman–Crippen MR) is 104 cm³/mol. The van der Waals surface area contributed by atoms with E-state index in [1.54, 1.807) is 4.90 Å². The molecular formula is C22H28N2O2. The van der Waals surface area contributed by atoms with Gasteiger partial charge in [0.1, 0.15) is 0 Å². The molecule has 2 heterocycles. The van der Waals surface area contributed by atoms with Crippen LogP contribution in [-0.2, 0) is 15.0 Å². The third-order valence-corrected chi connectivity index (χ3v) is 5.64. The molecule has 1 saturated heterocycles. The van der Waals surface area contributed by atoms with Gasteiger partial charge in [-0.1, -0.05) is 55.5 Å². The largest absolute Gasteiger partial charge is 0.339 e. The molecule has 138 valence electrons. The number of carbonyl (C=O) groups excluding carboxylic acids is 2. The van der Waals surface area contributed by atoms with E-state index >= 15 is 0 Å². The highest BCUT2D eigenvalue weighted by Crippen LogP contribution is 2.38. The number of likely N-dealkylation sites (tertiary alicyclic amines) is 1. The summed E-state index contributed by atoms with van der Waals surface area (Å²) in [5, 5.41) is 0. The van der Waals surface area contributed by atoms with Crippen LogP contribution in [0.3, 0.4) is 0 Å². The fourth-order valence-corrected chi connectivity index (χ4v) is 4.38. The van der Waals surface area contributed by atoms with Gasteiger partial charge in [-0.2, -0.15) is 0 Å². The molecule has 1 fully saturated rings. The molecule has 0 spiro atoms. The van der Waals surface area contributed by atoms with Crippen molar-refractivity contribution in [2.24, 2.45) is 5.92 Å². The number of nitrogens with zero attached hydrogens (tertiary/aromatic N) is 2. The summed E-state index contributed by atoms with van der Waals surface area (Å²) in [5.41, 5.74) is 1.77. The van der Waals surface area contributed by atoms with E-state index in [0.717, 1.165) is 12.1 Å². The van der Waals surface area contributed by atoms with E-state index in [0.29, 0.717) is 38.4 Å². The Balaban J connectivity index is 1.90. The summed E-state index contributed by atoms with van der Waals surface area (Å²) in [6.07, 6.45) is 4.92. The monoisotopic (exact) mass is 352 g/mol. The number of hydrogen-bond donors (Lipinski definition) is 0. The van der Waals surface area contributed by atoms with Crippen molar-refractivity contribution in [3.63, 3.8) is 0 Å². The second-order valence-electron chi connectivity index (χ2n) is 7.65. The minimum absolute atomic E-state index is 0.0514. The minimum Gasteiger partial charge on any atom is -0.339 e. The van der Waals surface area contributed by atoms with Gasteiger partial charge in [-0.25, -0.2) is 0 Å². The lowest BCUT2D eigenvalue weighted by molar-refractivity contribution is -0.142. The summed E-state index contributed by atoms with van der Waals surface area (Å²) in [4.78, 5) is 29.5. The average Bonchev–Trinajstić information content (AvgIpc) is 2.66. The standard InChI is InChI=1S/C22H28N2O2/c1-4-20(25)23-12-10-22(11-13-23,19-8-6-5-7-9-19)21(26)24-15-17(2)14-18(3)16-24/h4-9,14,17H,1,10-13,15-16H2,2-3H3. The van der Waals surface area contributed by atoms with Crippen LogP contribution in [0.2, 0.25) is 0 Å². The van der Waals surface area contributed by atoms with E-state index < -0.39 is 5.41 Å². The number of hydrogen-bond acceptors (Lipinski definition) is 2. The Bertz CT molecular complexity index is 715.